The molecular weight excluding hydrogens is 210 g/mol. The lowest BCUT2D eigenvalue weighted by Crippen LogP contribution is -2.04. The molecule has 86 valence electrons. The Balaban J connectivity index is 2.47. The predicted molar refractivity (Wildman–Crippen MR) is 70.2 cm³/mol. The van der Waals surface area contributed by atoms with E-state index < -0.39 is 0 Å². The van der Waals surface area contributed by atoms with Gasteiger partial charge in [-0.25, -0.2) is 0 Å². The van der Waals surface area contributed by atoms with E-state index in [9.17, 15) is 4.79 Å². The van der Waals surface area contributed by atoms with E-state index in [1.807, 2.05) is 32.0 Å². The Morgan fingerprint density at radius 3 is 2.53 bits per heavy atom. The third kappa shape index (κ3) is 2.36. The Hall–Kier alpha value is -2.09. The number of rotatable bonds is 2. The highest BCUT2D eigenvalue weighted by atomic mass is 16.1. The first-order valence-electron chi connectivity index (χ1n) is 5.55. The van der Waals surface area contributed by atoms with Crippen LogP contribution in [0.5, 0.6) is 0 Å². The van der Waals surface area contributed by atoms with Crippen molar-refractivity contribution < 1.29 is 4.79 Å². The van der Waals surface area contributed by atoms with Crippen molar-refractivity contribution in [2.24, 2.45) is 0 Å². The summed E-state index contributed by atoms with van der Waals surface area (Å²) in [6.07, 6.45) is 0. The lowest BCUT2D eigenvalue weighted by Gasteiger charge is -2.06. The fourth-order valence-corrected chi connectivity index (χ4v) is 1.82. The van der Waals surface area contributed by atoms with Gasteiger partial charge in [0.1, 0.15) is 0 Å². The van der Waals surface area contributed by atoms with Crippen LogP contribution in [0.2, 0.25) is 0 Å². The zero-order chi connectivity index (χ0) is 12.4. The number of ketones is 1. The lowest BCUT2D eigenvalue weighted by atomic mass is 9.97. The molecule has 0 aliphatic heterocycles. The Morgan fingerprint density at radius 2 is 1.82 bits per heavy atom. The van der Waals surface area contributed by atoms with Gasteiger partial charge < -0.3 is 5.73 Å². The third-order valence-electron chi connectivity index (χ3n) is 2.79. The molecule has 0 unspecified atom stereocenters. The topological polar surface area (TPSA) is 43.1 Å². The molecule has 2 N–H and O–H groups in total. The predicted octanol–water partition coefficient (Wildman–Crippen LogP) is 3.12. The first kappa shape index (κ1) is 11.4. The molecular formula is C15H15NO. The van der Waals surface area contributed by atoms with Gasteiger partial charge in [-0.15, -0.1) is 0 Å². The van der Waals surface area contributed by atoms with E-state index in [-0.39, 0.29) is 5.78 Å². The summed E-state index contributed by atoms with van der Waals surface area (Å²) < 4.78 is 0. The number of carbonyl (C=O) groups excluding carboxylic acids is 1. The van der Waals surface area contributed by atoms with Crippen molar-refractivity contribution in [1.29, 1.82) is 0 Å². The van der Waals surface area contributed by atoms with E-state index >= 15 is 0 Å². The number of carbonyl (C=O) groups is 1. The van der Waals surface area contributed by atoms with Crippen molar-refractivity contribution in [3.8, 4) is 0 Å². The molecule has 0 bridgehead atoms. The summed E-state index contributed by atoms with van der Waals surface area (Å²) in [5, 5.41) is 0. The van der Waals surface area contributed by atoms with Crippen LogP contribution in [0.1, 0.15) is 27.0 Å². The quantitative estimate of drug-likeness (QED) is 0.630. The van der Waals surface area contributed by atoms with E-state index in [0.717, 1.165) is 16.7 Å². The fraction of sp³-hybridized carbons (Fsp3) is 0.133. The molecule has 0 radical (unpaired) electrons. The van der Waals surface area contributed by atoms with Crippen molar-refractivity contribution in [3.05, 3.63) is 64.7 Å². The summed E-state index contributed by atoms with van der Waals surface area (Å²) in [7, 11) is 0. The van der Waals surface area contributed by atoms with Crippen molar-refractivity contribution in [1.82, 2.24) is 0 Å². The highest BCUT2D eigenvalue weighted by Crippen LogP contribution is 2.17. The van der Waals surface area contributed by atoms with Crippen molar-refractivity contribution in [2.45, 2.75) is 13.8 Å². The standard InChI is InChI=1S/C15H15NO/c1-10-6-7-11(2)14(8-10)15(17)12-4-3-5-13(16)9-12/h3-9H,16H2,1-2H3. The van der Waals surface area contributed by atoms with Gasteiger partial charge in [-0.1, -0.05) is 29.8 Å². The molecule has 2 heteroatoms. The normalized spacial score (nSPS) is 10.2. The molecule has 0 aliphatic rings. The van der Waals surface area contributed by atoms with Gasteiger partial charge in [0.05, 0.1) is 0 Å². The van der Waals surface area contributed by atoms with Crippen LogP contribution in [-0.4, -0.2) is 5.78 Å². The second-order valence-electron chi connectivity index (χ2n) is 4.27. The van der Waals surface area contributed by atoms with Gasteiger partial charge in [0.15, 0.2) is 5.78 Å². The number of anilines is 1. The SMILES string of the molecule is Cc1ccc(C)c(C(=O)c2cccc(N)c2)c1. The largest absolute Gasteiger partial charge is 0.399 e. The molecule has 0 saturated carbocycles. The Kier molecular flexibility index (Phi) is 2.96. The van der Waals surface area contributed by atoms with Crippen LogP contribution < -0.4 is 5.73 Å². The van der Waals surface area contributed by atoms with Gasteiger partial charge in [-0.3, -0.25) is 4.79 Å². The van der Waals surface area contributed by atoms with E-state index in [1.165, 1.54) is 0 Å². The number of benzene rings is 2. The van der Waals surface area contributed by atoms with Crippen LogP contribution in [-0.2, 0) is 0 Å². The van der Waals surface area contributed by atoms with Crippen LogP contribution >= 0.6 is 0 Å². The summed E-state index contributed by atoms with van der Waals surface area (Å²) >= 11 is 0. The maximum Gasteiger partial charge on any atom is 0.193 e. The van der Waals surface area contributed by atoms with Gasteiger partial charge in [0.2, 0.25) is 0 Å². The summed E-state index contributed by atoms with van der Waals surface area (Å²) in [4.78, 5) is 12.3. The average molecular weight is 225 g/mol. The maximum atomic E-state index is 12.3. The molecule has 0 atom stereocenters. The van der Waals surface area contributed by atoms with E-state index in [0.29, 0.717) is 11.3 Å². The van der Waals surface area contributed by atoms with Crippen molar-refractivity contribution in [3.63, 3.8) is 0 Å². The minimum absolute atomic E-state index is 0.0264. The number of hydrogen-bond acceptors (Lipinski definition) is 2. The highest BCUT2D eigenvalue weighted by molar-refractivity contribution is 6.10. The molecule has 0 aliphatic carbocycles. The summed E-state index contributed by atoms with van der Waals surface area (Å²) in [5.74, 6) is 0.0264. The van der Waals surface area contributed by atoms with Crippen LogP contribution in [0.25, 0.3) is 0 Å². The van der Waals surface area contributed by atoms with Gasteiger partial charge in [0.25, 0.3) is 0 Å². The molecule has 0 saturated heterocycles. The molecule has 2 aromatic carbocycles. The first-order chi connectivity index (χ1) is 8.08. The zero-order valence-corrected chi connectivity index (χ0v) is 10.0. The monoisotopic (exact) mass is 225 g/mol. The molecule has 0 heterocycles. The van der Waals surface area contributed by atoms with Crippen LogP contribution in [0, 0.1) is 13.8 Å². The molecule has 0 amide bonds. The van der Waals surface area contributed by atoms with Crippen LogP contribution in [0.15, 0.2) is 42.5 Å². The molecule has 2 nitrogen and oxygen atoms in total. The van der Waals surface area contributed by atoms with E-state index in [2.05, 4.69) is 0 Å². The first-order valence-corrected chi connectivity index (χ1v) is 5.55. The Morgan fingerprint density at radius 1 is 1.06 bits per heavy atom. The highest BCUT2D eigenvalue weighted by Gasteiger charge is 2.11. The number of nitrogen functional groups attached to an aromatic ring is 1. The third-order valence-corrected chi connectivity index (χ3v) is 2.79. The second-order valence-corrected chi connectivity index (χ2v) is 4.27. The average Bonchev–Trinajstić information content (AvgIpc) is 2.31. The van der Waals surface area contributed by atoms with E-state index in [1.54, 1.807) is 24.3 Å². The molecule has 0 fully saturated rings. The van der Waals surface area contributed by atoms with Crippen LogP contribution in [0.3, 0.4) is 0 Å². The maximum absolute atomic E-state index is 12.3. The van der Waals surface area contributed by atoms with Crippen LogP contribution in [0.4, 0.5) is 5.69 Å². The fourth-order valence-electron chi connectivity index (χ4n) is 1.82. The molecule has 0 spiro atoms. The number of nitrogens with two attached hydrogens (primary N) is 1. The minimum atomic E-state index is 0.0264. The van der Waals surface area contributed by atoms with Gasteiger partial charge in [0, 0.05) is 16.8 Å². The van der Waals surface area contributed by atoms with Gasteiger partial charge in [-0.2, -0.15) is 0 Å². The Labute approximate surface area is 101 Å². The summed E-state index contributed by atoms with van der Waals surface area (Å²) in [6.45, 7) is 3.93. The van der Waals surface area contributed by atoms with Crippen molar-refractivity contribution in [2.75, 3.05) is 5.73 Å². The van der Waals surface area contributed by atoms with Gasteiger partial charge in [-0.05, 0) is 37.6 Å². The van der Waals surface area contributed by atoms with E-state index in [4.69, 9.17) is 5.73 Å². The van der Waals surface area contributed by atoms with Crippen molar-refractivity contribution >= 4 is 11.5 Å². The number of hydrogen-bond donors (Lipinski definition) is 1. The molecule has 17 heavy (non-hydrogen) atoms. The minimum Gasteiger partial charge on any atom is -0.399 e. The Bertz CT molecular complexity index is 573. The zero-order valence-electron chi connectivity index (χ0n) is 10.0. The smallest absolute Gasteiger partial charge is 0.193 e. The summed E-state index contributed by atoms with van der Waals surface area (Å²) in [6, 6.07) is 13.0. The molecule has 2 aromatic rings. The molecule has 2 rings (SSSR count). The summed E-state index contributed by atoms with van der Waals surface area (Å²) in [5.41, 5.74) is 9.76. The molecule has 0 aromatic heterocycles. The lowest BCUT2D eigenvalue weighted by molar-refractivity contribution is 0.103. The van der Waals surface area contributed by atoms with Gasteiger partial charge >= 0.3 is 0 Å². The number of aryl methyl sites for hydroxylation is 2. The second kappa shape index (κ2) is 4.42.